The highest BCUT2D eigenvalue weighted by Gasteiger charge is 2.31. The second-order valence-corrected chi connectivity index (χ2v) is 4.92. The van der Waals surface area contributed by atoms with Crippen LogP contribution in [0.15, 0.2) is 10.9 Å². The molecule has 1 aromatic rings. The molecule has 5 heteroatoms. The number of likely N-dealkylation sites (tertiary alicyclic amines) is 1. The fourth-order valence-electron chi connectivity index (χ4n) is 2.71. The smallest absolute Gasteiger partial charge is 0.213 e. The van der Waals surface area contributed by atoms with Crippen molar-refractivity contribution in [2.24, 2.45) is 5.92 Å². The van der Waals surface area contributed by atoms with Crippen LogP contribution in [0.5, 0.6) is 0 Å². The molecule has 1 N–H and O–H groups in total. The Morgan fingerprint density at radius 2 is 2.35 bits per heavy atom. The SMILES string of the molecule is CNC1CCN(CCc2ncon2)C(C)C1C. The van der Waals surface area contributed by atoms with Crippen LogP contribution < -0.4 is 5.32 Å². The molecule has 2 heterocycles. The Balaban J connectivity index is 1.85. The van der Waals surface area contributed by atoms with E-state index in [-0.39, 0.29) is 0 Å². The molecule has 3 atom stereocenters. The van der Waals surface area contributed by atoms with E-state index in [1.165, 1.54) is 12.8 Å². The highest BCUT2D eigenvalue weighted by molar-refractivity contribution is 4.89. The molecule has 3 unspecified atom stereocenters. The zero-order valence-electron chi connectivity index (χ0n) is 10.9. The molecule has 0 aromatic carbocycles. The standard InChI is InChI=1S/C12H22N4O/c1-9-10(2)16(6-4-11(9)13-3)7-5-12-14-8-17-15-12/h8-11,13H,4-7H2,1-3H3. The lowest BCUT2D eigenvalue weighted by atomic mass is 9.87. The van der Waals surface area contributed by atoms with E-state index in [9.17, 15) is 0 Å². The summed E-state index contributed by atoms with van der Waals surface area (Å²) in [7, 11) is 2.06. The molecule has 0 radical (unpaired) electrons. The third kappa shape index (κ3) is 2.84. The van der Waals surface area contributed by atoms with Gasteiger partial charge in [0, 0.05) is 25.0 Å². The Morgan fingerprint density at radius 1 is 1.53 bits per heavy atom. The largest absolute Gasteiger partial charge is 0.343 e. The van der Waals surface area contributed by atoms with Gasteiger partial charge in [-0.25, -0.2) is 0 Å². The number of nitrogens with one attached hydrogen (secondary N) is 1. The maximum Gasteiger partial charge on any atom is 0.213 e. The number of piperidine rings is 1. The van der Waals surface area contributed by atoms with E-state index in [0.29, 0.717) is 18.0 Å². The van der Waals surface area contributed by atoms with Gasteiger partial charge in [-0.15, -0.1) is 0 Å². The fraction of sp³-hybridized carbons (Fsp3) is 0.833. The molecule has 5 nitrogen and oxygen atoms in total. The van der Waals surface area contributed by atoms with Gasteiger partial charge >= 0.3 is 0 Å². The van der Waals surface area contributed by atoms with Gasteiger partial charge in [-0.1, -0.05) is 12.1 Å². The lowest BCUT2D eigenvalue weighted by Gasteiger charge is -2.42. The first-order valence-corrected chi connectivity index (χ1v) is 6.39. The van der Waals surface area contributed by atoms with Gasteiger partial charge in [0.2, 0.25) is 6.39 Å². The first-order valence-electron chi connectivity index (χ1n) is 6.39. The molecule has 1 aliphatic rings. The van der Waals surface area contributed by atoms with Crippen LogP contribution in [-0.4, -0.2) is 47.3 Å². The predicted molar refractivity (Wildman–Crippen MR) is 65.7 cm³/mol. The molecule has 1 fully saturated rings. The third-order valence-electron chi connectivity index (χ3n) is 4.10. The zero-order valence-corrected chi connectivity index (χ0v) is 10.9. The Morgan fingerprint density at radius 3 is 3.00 bits per heavy atom. The van der Waals surface area contributed by atoms with E-state index < -0.39 is 0 Å². The van der Waals surface area contributed by atoms with E-state index >= 15 is 0 Å². The first-order chi connectivity index (χ1) is 8.22. The van der Waals surface area contributed by atoms with Gasteiger partial charge in [-0.3, -0.25) is 4.90 Å². The number of rotatable bonds is 4. The lowest BCUT2D eigenvalue weighted by Crippen LogP contribution is -2.53. The highest BCUT2D eigenvalue weighted by atomic mass is 16.5. The molecule has 0 aliphatic carbocycles. The molecular weight excluding hydrogens is 216 g/mol. The minimum absolute atomic E-state index is 0.605. The number of aromatic nitrogens is 2. The van der Waals surface area contributed by atoms with E-state index in [1.54, 1.807) is 0 Å². The van der Waals surface area contributed by atoms with Crippen molar-refractivity contribution in [3.05, 3.63) is 12.2 Å². The Labute approximate surface area is 103 Å². The minimum Gasteiger partial charge on any atom is -0.343 e. The molecule has 17 heavy (non-hydrogen) atoms. The Kier molecular flexibility index (Phi) is 4.12. The van der Waals surface area contributed by atoms with Crippen molar-refractivity contribution in [1.82, 2.24) is 20.4 Å². The summed E-state index contributed by atoms with van der Waals surface area (Å²) in [4.78, 5) is 6.58. The summed E-state index contributed by atoms with van der Waals surface area (Å²) in [6.45, 7) is 6.80. The van der Waals surface area contributed by atoms with Crippen molar-refractivity contribution in [2.75, 3.05) is 20.1 Å². The second kappa shape index (κ2) is 5.60. The van der Waals surface area contributed by atoms with Gasteiger partial charge in [-0.05, 0) is 32.9 Å². The predicted octanol–water partition coefficient (Wildman–Crippen LogP) is 0.930. The number of hydrogen-bond donors (Lipinski definition) is 1. The van der Waals surface area contributed by atoms with Gasteiger partial charge in [0.25, 0.3) is 0 Å². The maximum atomic E-state index is 4.75. The number of nitrogens with zero attached hydrogens (tertiary/aromatic N) is 3. The van der Waals surface area contributed by atoms with E-state index in [0.717, 1.165) is 25.3 Å². The van der Waals surface area contributed by atoms with Crippen LogP contribution >= 0.6 is 0 Å². The molecule has 0 bridgehead atoms. The van der Waals surface area contributed by atoms with Crippen LogP contribution in [0.25, 0.3) is 0 Å². The summed E-state index contributed by atoms with van der Waals surface area (Å²) >= 11 is 0. The van der Waals surface area contributed by atoms with Crippen molar-refractivity contribution >= 4 is 0 Å². The van der Waals surface area contributed by atoms with Gasteiger partial charge in [0.05, 0.1) is 0 Å². The fourth-order valence-corrected chi connectivity index (χ4v) is 2.71. The lowest BCUT2D eigenvalue weighted by molar-refractivity contribution is 0.0882. The Bertz CT molecular complexity index is 327. The summed E-state index contributed by atoms with van der Waals surface area (Å²) < 4.78 is 4.75. The third-order valence-corrected chi connectivity index (χ3v) is 4.10. The molecular formula is C12H22N4O. The molecule has 1 saturated heterocycles. The van der Waals surface area contributed by atoms with Crippen LogP contribution in [0.4, 0.5) is 0 Å². The second-order valence-electron chi connectivity index (χ2n) is 4.92. The monoisotopic (exact) mass is 238 g/mol. The maximum absolute atomic E-state index is 4.75. The van der Waals surface area contributed by atoms with Gasteiger partial charge in [0.1, 0.15) is 0 Å². The molecule has 1 aliphatic heterocycles. The highest BCUT2D eigenvalue weighted by Crippen LogP contribution is 2.23. The van der Waals surface area contributed by atoms with Crippen LogP contribution in [0.1, 0.15) is 26.1 Å². The zero-order chi connectivity index (χ0) is 12.3. The first kappa shape index (κ1) is 12.5. The summed E-state index contributed by atoms with van der Waals surface area (Å²) in [6, 6.07) is 1.25. The molecule has 96 valence electrons. The van der Waals surface area contributed by atoms with Crippen molar-refractivity contribution in [3.63, 3.8) is 0 Å². The van der Waals surface area contributed by atoms with Crippen molar-refractivity contribution in [2.45, 2.75) is 38.8 Å². The minimum atomic E-state index is 0.605. The summed E-state index contributed by atoms with van der Waals surface area (Å²) in [5.74, 6) is 1.49. The van der Waals surface area contributed by atoms with Crippen LogP contribution in [0.3, 0.4) is 0 Å². The van der Waals surface area contributed by atoms with Gasteiger partial charge < -0.3 is 9.84 Å². The van der Waals surface area contributed by atoms with Gasteiger partial charge in [-0.2, -0.15) is 4.98 Å². The van der Waals surface area contributed by atoms with Crippen molar-refractivity contribution in [3.8, 4) is 0 Å². The van der Waals surface area contributed by atoms with Crippen LogP contribution in [0, 0.1) is 5.92 Å². The summed E-state index contributed by atoms with van der Waals surface area (Å²) in [6.07, 6.45) is 3.49. The summed E-state index contributed by atoms with van der Waals surface area (Å²) in [5.41, 5.74) is 0. The van der Waals surface area contributed by atoms with Gasteiger partial charge in [0.15, 0.2) is 5.82 Å². The van der Waals surface area contributed by atoms with Crippen molar-refractivity contribution < 1.29 is 4.52 Å². The molecule has 2 rings (SSSR count). The van der Waals surface area contributed by atoms with Crippen molar-refractivity contribution in [1.29, 1.82) is 0 Å². The van der Waals surface area contributed by atoms with E-state index in [1.807, 2.05) is 0 Å². The topological polar surface area (TPSA) is 54.2 Å². The summed E-state index contributed by atoms with van der Waals surface area (Å²) in [5, 5.41) is 7.26. The Hall–Kier alpha value is -0.940. The van der Waals surface area contributed by atoms with E-state index in [2.05, 4.69) is 41.3 Å². The average molecular weight is 238 g/mol. The molecule has 1 aromatic heterocycles. The van der Waals surface area contributed by atoms with E-state index in [4.69, 9.17) is 4.52 Å². The van der Waals surface area contributed by atoms with Crippen LogP contribution in [-0.2, 0) is 6.42 Å². The molecule has 0 spiro atoms. The van der Waals surface area contributed by atoms with Crippen LogP contribution in [0.2, 0.25) is 0 Å². The quantitative estimate of drug-likeness (QED) is 0.845. The number of hydrogen-bond acceptors (Lipinski definition) is 5. The molecule has 0 amide bonds. The molecule has 0 saturated carbocycles. The normalized spacial score (nSPS) is 30.6. The average Bonchev–Trinajstić information content (AvgIpc) is 2.84.